The normalized spacial score (nSPS) is 14.6. The van der Waals surface area contributed by atoms with Crippen LogP contribution in [0.3, 0.4) is 0 Å². The van der Waals surface area contributed by atoms with Crippen molar-refractivity contribution in [2.24, 2.45) is 10.2 Å². The lowest BCUT2D eigenvalue weighted by molar-refractivity contribution is 0.210. The molecule has 0 spiro atoms. The van der Waals surface area contributed by atoms with E-state index >= 15 is 0 Å². The largest absolute Gasteiger partial charge is 0.217 e. The Morgan fingerprint density at radius 3 is 1.40 bits per heavy atom. The molecule has 0 aliphatic carbocycles. The molecule has 0 saturated heterocycles. The Balaban J connectivity index is 4.01. The standard InChI is InChI=1S/C7H15FN2/c1-6(2,3)9-10-7(4,5)8/h1-5H3. The predicted octanol–water partition coefficient (Wildman–Crippen LogP) is 2.94. The van der Waals surface area contributed by atoms with Gasteiger partial charge in [0.15, 0.2) is 0 Å². The Labute approximate surface area is 61.5 Å². The summed E-state index contributed by atoms with van der Waals surface area (Å²) in [4.78, 5) is 0. The van der Waals surface area contributed by atoms with Crippen molar-refractivity contribution in [1.29, 1.82) is 0 Å². The number of alkyl halides is 1. The van der Waals surface area contributed by atoms with Crippen LogP contribution in [0.5, 0.6) is 0 Å². The first kappa shape index (κ1) is 9.53. The van der Waals surface area contributed by atoms with Gasteiger partial charge in [-0.3, -0.25) is 0 Å². The summed E-state index contributed by atoms with van der Waals surface area (Å²) in [5.41, 5.74) is -0.274. The Morgan fingerprint density at radius 1 is 0.900 bits per heavy atom. The molecule has 0 radical (unpaired) electrons. The third-order valence-electron chi connectivity index (χ3n) is 0.588. The van der Waals surface area contributed by atoms with E-state index in [9.17, 15) is 4.39 Å². The first-order valence-electron chi connectivity index (χ1n) is 3.34. The smallest absolute Gasteiger partial charge is 0.214 e. The molecule has 3 heteroatoms. The monoisotopic (exact) mass is 146 g/mol. The van der Waals surface area contributed by atoms with Crippen LogP contribution in [0.2, 0.25) is 0 Å². The van der Waals surface area contributed by atoms with Gasteiger partial charge in [0.1, 0.15) is 0 Å². The minimum atomic E-state index is -1.53. The highest BCUT2D eigenvalue weighted by molar-refractivity contribution is 4.69. The van der Waals surface area contributed by atoms with Crippen molar-refractivity contribution in [3.05, 3.63) is 0 Å². The van der Waals surface area contributed by atoms with E-state index in [-0.39, 0.29) is 5.54 Å². The molecular weight excluding hydrogens is 131 g/mol. The summed E-state index contributed by atoms with van der Waals surface area (Å²) >= 11 is 0. The average Bonchev–Trinajstić information content (AvgIpc) is 1.57. The number of nitrogens with zero attached hydrogens (tertiary/aromatic N) is 2. The van der Waals surface area contributed by atoms with Gasteiger partial charge in [0.2, 0.25) is 5.79 Å². The van der Waals surface area contributed by atoms with Crippen LogP contribution in [-0.2, 0) is 0 Å². The molecule has 0 aromatic heterocycles. The second-order valence-corrected chi connectivity index (χ2v) is 3.78. The summed E-state index contributed by atoms with van der Waals surface area (Å²) in [6, 6.07) is 0. The molecule has 0 unspecified atom stereocenters. The van der Waals surface area contributed by atoms with E-state index in [1.165, 1.54) is 13.8 Å². The van der Waals surface area contributed by atoms with Gasteiger partial charge in [-0.1, -0.05) is 0 Å². The lowest BCUT2D eigenvalue weighted by atomic mass is 10.1. The molecule has 0 saturated carbocycles. The van der Waals surface area contributed by atoms with E-state index in [0.717, 1.165) is 0 Å². The van der Waals surface area contributed by atoms with Crippen LogP contribution in [-0.4, -0.2) is 11.3 Å². The third-order valence-corrected chi connectivity index (χ3v) is 0.588. The highest BCUT2D eigenvalue weighted by Crippen LogP contribution is 2.15. The second-order valence-electron chi connectivity index (χ2n) is 3.78. The van der Waals surface area contributed by atoms with Crippen molar-refractivity contribution in [3.8, 4) is 0 Å². The van der Waals surface area contributed by atoms with E-state index < -0.39 is 5.79 Å². The molecule has 0 N–H and O–H groups in total. The van der Waals surface area contributed by atoms with Gasteiger partial charge in [-0.2, -0.15) is 10.2 Å². The van der Waals surface area contributed by atoms with Gasteiger partial charge in [0.25, 0.3) is 0 Å². The van der Waals surface area contributed by atoms with Crippen molar-refractivity contribution < 1.29 is 4.39 Å². The van der Waals surface area contributed by atoms with Crippen molar-refractivity contribution in [2.45, 2.75) is 46.0 Å². The van der Waals surface area contributed by atoms with Gasteiger partial charge < -0.3 is 0 Å². The summed E-state index contributed by atoms with van der Waals surface area (Å²) in [5, 5.41) is 7.26. The molecule has 2 nitrogen and oxygen atoms in total. The molecule has 0 aliphatic rings. The Bertz CT molecular complexity index is 112. The summed E-state index contributed by atoms with van der Waals surface area (Å²) in [6.07, 6.45) is 0. The van der Waals surface area contributed by atoms with Crippen LogP contribution in [0.1, 0.15) is 34.6 Å². The van der Waals surface area contributed by atoms with Crippen LogP contribution in [0, 0.1) is 0 Å². The molecule has 0 amide bonds. The van der Waals surface area contributed by atoms with E-state index in [2.05, 4.69) is 10.2 Å². The zero-order valence-electron chi connectivity index (χ0n) is 7.27. The highest BCUT2D eigenvalue weighted by Gasteiger charge is 2.15. The molecule has 0 aliphatic heterocycles. The Morgan fingerprint density at radius 2 is 1.30 bits per heavy atom. The maximum Gasteiger partial charge on any atom is 0.214 e. The van der Waals surface area contributed by atoms with Gasteiger partial charge in [0, 0.05) is 0 Å². The Hall–Kier alpha value is -0.470. The summed E-state index contributed by atoms with van der Waals surface area (Å²) in [5.74, 6) is -1.53. The minimum Gasteiger partial charge on any atom is -0.217 e. The SMILES string of the molecule is CC(C)(C)N=NC(C)(C)F. The van der Waals surface area contributed by atoms with Crippen molar-refractivity contribution in [2.75, 3.05) is 0 Å². The van der Waals surface area contributed by atoms with Crippen LogP contribution in [0.15, 0.2) is 10.2 Å². The van der Waals surface area contributed by atoms with Gasteiger partial charge in [-0.15, -0.1) is 0 Å². The lowest BCUT2D eigenvalue weighted by Gasteiger charge is -2.12. The Kier molecular flexibility index (Phi) is 2.52. The molecule has 0 heterocycles. The summed E-state index contributed by atoms with van der Waals surface area (Å²) in [6.45, 7) is 8.39. The zero-order valence-corrected chi connectivity index (χ0v) is 7.27. The maximum atomic E-state index is 12.7. The van der Waals surface area contributed by atoms with E-state index in [1.54, 1.807) is 0 Å². The molecule has 0 rings (SSSR count). The molecule has 0 aromatic rings. The minimum absolute atomic E-state index is 0.274. The molecule has 0 atom stereocenters. The van der Waals surface area contributed by atoms with E-state index in [4.69, 9.17) is 0 Å². The van der Waals surface area contributed by atoms with Crippen LogP contribution in [0.4, 0.5) is 4.39 Å². The van der Waals surface area contributed by atoms with Gasteiger partial charge in [-0.05, 0) is 34.6 Å². The number of hydrogen-bond donors (Lipinski definition) is 0. The van der Waals surface area contributed by atoms with Crippen LogP contribution < -0.4 is 0 Å². The maximum absolute atomic E-state index is 12.7. The third kappa shape index (κ3) is 7.53. The fourth-order valence-electron chi connectivity index (χ4n) is 0.269. The number of halogens is 1. The molecule has 0 aromatic carbocycles. The van der Waals surface area contributed by atoms with Crippen molar-refractivity contribution >= 4 is 0 Å². The number of azo groups is 1. The fraction of sp³-hybridized carbons (Fsp3) is 1.00. The average molecular weight is 146 g/mol. The summed E-state index contributed by atoms with van der Waals surface area (Å²) in [7, 11) is 0. The molecule has 60 valence electrons. The van der Waals surface area contributed by atoms with Gasteiger partial charge >= 0.3 is 0 Å². The first-order chi connectivity index (χ1) is 4.21. The van der Waals surface area contributed by atoms with Crippen molar-refractivity contribution in [1.82, 2.24) is 0 Å². The molecule has 0 fully saturated rings. The topological polar surface area (TPSA) is 24.7 Å². The predicted molar refractivity (Wildman–Crippen MR) is 39.8 cm³/mol. The number of hydrogen-bond acceptors (Lipinski definition) is 2. The van der Waals surface area contributed by atoms with Gasteiger partial charge in [0.05, 0.1) is 5.54 Å². The molecule has 10 heavy (non-hydrogen) atoms. The van der Waals surface area contributed by atoms with Crippen molar-refractivity contribution in [3.63, 3.8) is 0 Å². The highest BCUT2D eigenvalue weighted by atomic mass is 19.1. The quantitative estimate of drug-likeness (QED) is 0.401. The molecule has 0 bridgehead atoms. The zero-order chi connectivity index (χ0) is 8.41. The van der Waals surface area contributed by atoms with E-state index in [1.807, 2.05) is 20.8 Å². The fourth-order valence-corrected chi connectivity index (χ4v) is 0.269. The van der Waals surface area contributed by atoms with Crippen LogP contribution >= 0.6 is 0 Å². The number of rotatable bonds is 1. The summed E-state index contributed by atoms with van der Waals surface area (Å²) < 4.78 is 12.7. The molecular formula is C7H15FN2. The van der Waals surface area contributed by atoms with Gasteiger partial charge in [-0.25, -0.2) is 4.39 Å². The second kappa shape index (κ2) is 2.64. The van der Waals surface area contributed by atoms with Crippen LogP contribution in [0.25, 0.3) is 0 Å². The first-order valence-corrected chi connectivity index (χ1v) is 3.34. The van der Waals surface area contributed by atoms with E-state index in [0.29, 0.717) is 0 Å². The lowest BCUT2D eigenvalue weighted by Crippen LogP contribution is -2.13.